The van der Waals surface area contributed by atoms with Crippen LogP contribution < -0.4 is 21.7 Å². The number of hydrogen-bond donors (Lipinski definition) is 5. The van der Waals surface area contributed by atoms with Gasteiger partial charge in [-0.1, -0.05) is 72.3 Å². The van der Waals surface area contributed by atoms with Crippen LogP contribution in [0.5, 0.6) is 0 Å². The fraction of sp³-hybridized carbons (Fsp3) is 0.400. The number of anilines is 3. The van der Waals surface area contributed by atoms with Gasteiger partial charge in [0.2, 0.25) is 11.9 Å². The normalized spacial score (nSPS) is 19.2. The SMILES string of the molecule is Nc1nc(Cl)c2cc[nH]c2n1.Nc1nc(N2CCN(Cc3ccccc3)CC3(CC3)C2)c2cc[nH]c2n1.c1ccc(CN2CCNCC3(CC3)C2)cc1. The van der Waals surface area contributed by atoms with Crippen molar-refractivity contribution in [3.8, 4) is 0 Å². The molecule has 0 unspecified atom stereocenters. The van der Waals surface area contributed by atoms with Crippen molar-refractivity contribution in [3.63, 3.8) is 0 Å². The van der Waals surface area contributed by atoms with Crippen LogP contribution in [-0.2, 0) is 13.1 Å². The minimum atomic E-state index is 0.185. The number of aromatic amines is 2. The molecular formula is C40H49ClN12. The van der Waals surface area contributed by atoms with Gasteiger partial charge >= 0.3 is 0 Å². The third-order valence-electron chi connectivity index (χ3n) is 10.9. The molecule has 0 bridgehead atoms. The van der Waals surface area contributed by atoms with Crippen LogP contribution >= 0.6 is 11.6 Å². The molecule has 0 radical (unpaired) electrons. The van der Waals surface area contributed by atoms with Gasteiger partial charge in [0, 0.05) is 83.3 Å². The summed E-state index contributed by atoms with van der Waals surface area (Å²) in [5, 5.41) is 5.81. The molecule has 53 heavy (non-hydrogen) atoms. The first-order chi connectivity index (χ1) is 25.8. The Morgan fingerprint density at radius 1 is 0.623 bits per heavy atom. The minimum absolute atomic E-state index is 0.185. The average Bonchev–Trinajstić information content (AvgIpc) is 4.02. The average molecular weight is 733 g/mol. The maximum Gasteiger partial charge on any atom is 0.223 e. The van der Waals surface area contributed by atoms with Crippen molar-refractivity contribution in [2.45, 2.75) is 38.8 Å². The van der Waals surface area contributed by atoms with Gasteiger partial charge in [-0.05, 0) is 54.4 Å². The Kier molecular flexibility index (Phi) is 10.2. The van der Waals surface area contributed by atoms with Gasteiger partial charge in [0.05, 0.1) is 10.8 Å². The summed E-state index contributed by atoms with van der Waals surface area (Å²) in [4.78, 5) is 30.3. The summed E-state index contributed by atoms with van der Waals surface area (Å²) in [5.41, 5.74) is 16.7. The number of nitrogens with one attached hydrogen (secondary N) is 3. The molecule has 4 aliphatic rings. The first-order valence-electron chi connectivity index (χ1n) is 18.7. The summed E-state index contributed by atoms with van der Waals surface area (Å²) in [6.45, 7) is 11.2. The zero-order valence-corrected chi connectivity index (χ0v) is 30.9. The third-order valence-corrected chi connectivity index (χ3v) is 11.2. The molecule has 276 valence electrons. The fourth-order valence-electron chi connectivity index (χ4n) is 7.79. The highest BCUT2D eigenvalue weighted by molar-refractivity contribution is 6.34. The maximum atomic E-state index is 5.96. The number of hydrogen-bond acceptors (Lipinski definition) is 10. The van der Waals surface area contributed by atoms with Gasteiger partial charge in [-0.2, -0.15) is 15.0 Å². The van der Waals surface area contributed by atoms with E-state index in [4.69, 9.17) is 23.1 Å². The molecule has 7 N–H and O–H groups in total. The second-order valence-corrected chi connectivity index (χ2v) is 15.6. The van der Waals surface area contributed by atoms with Crippen LogP contribution in [0.2, 0.25) is 5.15 Å². The van der Waals surface area contributed by atoms with Gasteiger partial charge in [-0.25, -0.2) is 4.98 Å². The fourth-order valence-corrected chi connectivity index (χ4v) is 8.03. The van der Waals surface area contributed by atoms with Gasteiger partial charge in [-0.15, -0.1) is 0 Å². The molecule has 13 heteroatoms. The zero-order chi connectivity index (χ0) is 36.3. The van der Waals surface area contributed by atoms with E-state index in [2.05, 4.69) is 117 Å². The highest BCUT2D eigenvalue weighted by atomic mass is 35.5. The number of rotatable bonds is 5. The van der Waals surface area contributed by atoms with E-state index in [0.717, 1.165) is 68.1 Å². The van der Waals surface area contributed by atoms with Crippen molar-refractivity contribution in [2.24, 2.45) is 10.8 Å². The molecule has 4 fully saturated rings. The van der Waals surface area contributed by atoms with Crippen molar-refractivity contribution in [3.05, 3.63) is 101 Å². The first-order valence-corrected chi connectivity index (χ1v) is 19.1. The summed E-state index contributed by atoms with van der Waals surface area (Å²) >= 11 is 5.75. The molecular weight excluding hydrogens is 684 g/mol. The van der Waals surface area contributed by atoms with E-state index in [1.54, 1.807) is 12.3 Å². The van der Waals surface area contributed by atoms with Crippen molar-refractivity contribution >= 4 is 51.4 Å². The van der Waals surface area contributed by atoms with Crippen LogP contribution in [0.4, 0.5) is 17.7 Å². The number of nitrogen functional groups attached to an aromatic ring is 2. The summed E-state index contributed by atoms with van der Waals surface area (Å²) in [6, 6.07) is 25.5. The quantitative estimate of drug-likeness (QED) is 0.139. The topological polar surface area (TPSA) is 157 Å². The molecule has 2 spiro atoms. The Balaban J connectivity index is 0.000000126. The number of aromatic nitrogens is 6. The van der Waals surface area contributed by atoms with E-state index in [1.165, 1.54) is 56.4 Å². The lowest BCUT2D eigenvalue weighted by atomic mass is 10.1. The summed E-state index contributed by atoms with van der Waals surface area (Å²) in [6.07, 6.45) is 9.09. The lowest BCUT2D eigenvalue weighted by molar-refractivity contribution is 0.240. The Labute approximate surface area is 315 Å². The van der Waals surface area contributed by atoms with Crippen LogP contribution in [0.3, 0.4) is 0 Å². The molecule has 2 aliphatic heterocycles. The van der Waals surface area contributed by atoms with E-state index in [-0.39, 0.29) is 5.95 Å². The van der Waals surface area contributed by atoms with Crippen LogP contribution in [0, 0.1) is 10.8 Å². The summed E-state index contributed by atoms with van der Waals surface area (Å²) in [5.74, 6) is 1.50. The number of nitrogens with two attached hydrogens (primary N) is 2. The van der Waals surface area contributed by atoms with Crippen molar-refractivity contribution < 1.29 is 0 Å². The van der Waals surface area contributed by atoms with E-state index in [0.29, 0.717) is 27.6 Å². The molecule has 2 saturated carbocycles. The molecule has 10 rings (SSSR count). The number of benzene rings is 2. The highest BCUT2D eigenvalue weighted by Crippen LogP contribution is 2.49. The van der Waals surface area contributed by atoms with Gasteiger partial charge in [0.25, 0.3) is 0 Å². The summed E-state index contributed by atoms with van der Waals surface area (Å²) in [7, 11) is 0. The molecule has 6 heterocycles. The largest absolute Gasteiger partial charge is 0.368 e. The van der Waals surface area contributed by atoms with Crippen LogP contribution in [-0.4, -0.2) is 92.1 Å². The molecule has 2 aliphatic carbocycles. The van der Waals surface area contributed by atoms with Gasteiger partial charge in [0.15, 0.2) is 0 Å². The molecule has 6 aromatic rings. The van der Waals surface area contributed by atoms with Gasteiger partial charge in [0.1, 0.15) is 22.3 Å². The lowest BCUT2D eigenvalue weighted by Crippen LogP contribution is -2.31. The van der Waals surface area contributed by atoms with Crippen molar-refractivity contribution in [1.82, 2.24) is 45.0 Å². The zero-order valence-electron chi connectivity index (χ0n) is 30.1. The van der Waals surface area contributed by atoms with Crippen LogP contribution in [0.25, 0.3) is 22.1 Å². The Hall–Kier alpha value is -4.75. The monoisotopic (exact) mass is 732 g/mol. The number of H-pyrrole nitrogens is 2. The minimum Gasteiger partial charge on any atom is -0.368 e. The Bertz CT molecular complexity index is 2110. The second-order valence-electron chi connectivity index (χ2n) is 15.2. The maximum absolute atomic E-state index is 5.96. The van der Waals surface area contributed by atoms with Crippen LogP contribution in [0.15, 0.2) is 85.2 Å². The van der Waals surface area contributed by atoms with Crippen LogP contribution in [0.1, 0.15) is 36.8 Å². The molecule has 4 aromatic heterocycles. The van der Waals surface area contributed by atoms with Crippen molar-refractivity contribution in [1.29, 1.82) is 0 Å². The van der Waals surface area contributed by atoms with Gasteiger partial charge < -0.3 is 31.7 Å². The molecule has 12 nitrogen and oxygen atoms in total. The summed E-state index contributed by atoms with van der Waals surface area (Å²) < 4.78 is 0. The van der Waals surface area contributed by atoms with E-state index in [9.17, 15) is 0 Å². The van der Waals surface area contributed by atoms with E-state index < -0.39 is 0 Å². The lowest BCUT2D eigenvalue weighted by Gasteiger charge is -2.25. The first kappa shape index (κ1) is 35.3. The Morgan fingerprint density at radius 2 is 1.19 bits per heavy atom. The number of fused-ring (bicyclic) bond motifs is 2. The predicted molar refractivity (Wildman–Crippen MR) is 213 cm³/mol. The number of nitrogens with zero attached hydrogens (tertiary/aromatic N) is 7. The van der Waals surface area contributed by atoms with Crippen molar-refractivity contribution in [2.75, 3.05) is 68.7 Å². The van der Waals surface area contributed by atoms with E-state index >= 15 is 0 Å². The van der Waals surface area contributed by atoms with Gasteiger partial charge in [-0.3, -0.25) is 9.80 Å². The smallest absolute Gasteiger partial charge is 0.223 e. The second kappa shape index (κ2) is 15.3. The highest BCUT2D eigenvalue weighted by Gasteiger charge is 2.47. The standard InChI is InChI=1S/C20H24N6.C14H20N2.C6H5ClN4/c21-19-23-17-16(6-9-22-17)18(24-19)26-11-10-25(13-20(14-26)7-8-20)12-15-4-2-1-3-5-15;1-2-4-13(5-3-1)10-16-9-8-15-11-14(12-16)6-7-14;7-4-3-1-2-9-5(3)11-6(8)10-4/h1-6,9H,7-8,10-14H2,(H3,21,22,23,24);1-5,15H,6-12H2;1-2H,(H3,8,9,10,11). The molecule has 2 aromatic carbocycles. The molecule has 0 atom stereocenters. The Morgan fingerprint density at radius 3 is 1.83 bits per heavy atom. The third kappa shape index (κ3) is 8.73. The number of halogens is 1. The molecule has 0 amide bonds. The van der Waals surface area contributed by atoms with E-state index in [1.807, 2.05) is 6.20 Å². The molecule has 2 saturated heterocycles. The predicted octanol–water partition coefficient (Wildman–Crippen LogP) is 5.71.